The van der Waals surface area contributed by atoms with E-state index in [2.05, 4.69) is 24.9 Å². The first kappa shape index (κ1) is 15.9. The predicted octanol–water partition coefficient (Wildman–Crippen LogP) is 3.15. The van der Waals surface area contributed by atoms with Crippen molar-refractivity contribution >= 4 is 45.4 Å². The zero-order valence-corrected chi connectivity index (χ0v) is 14.6. The van der Waals surface area contributed by atoms with Gasteiger partial charge < -0.3 is 14.7 Å². The molecule has 0 aliphatic rings. The molecule has 0 spiro atoms. The first-order chi connectivity index (χ1) is 12.1. The number of H-pyrrole nitrogens is 2. The molecule has 126 valence electrons. The third kappa shape index (κ3) is 3.06. The molecule has 4 aromatic rings. The summed E-state index contributed by atoms with van der Waals surface area (Å²) in [5, 5.41) is 1.61. The van der Waals surface area contributed by atoms with Gasteiger partial charge in [-0.1, -0.05) is 29.4 Å². The first-order valence-corrected chi connectivity index (χ1v) is 8.71. The van der Waals surface area contributed by atoms with Gasteiger partial charge in [0.1, 0.15) is 5.82 Å². The summed E-state index contributed by atoms with van der Waals surface area (Å²) in [4.78, 5) is 31.2. The molecular formula is C16H12ClN5O2S. The number of fused-ring (bicyclic) bond motifs is 2. The molecule has 3 aromatic heterocycles. The largest absolute Gasteiger partial charge is 0.481 e. The molecule has 0 saturated carbocycles. The lowest BCUT2D eigenvalue weighted by molar-refractivity contribution is 0.399. The van der Waals surface area contributed by atoms with E-state index in [1.165, 1.54) is 11.8 Å². The second-order valence-corrected chi connectivity index (χ2v) is 6.58. The summed E-state index contributed by atoms with van der Waals surface area (Å²) in [7, 11) is 1.56. The number of aromatic nitrogens is 5. The minimum absolute atomic E-state index is 0.209. The number of hydrogen-bond acceptors (Lipinski definition) is 6. The highest BCUT2D eigenvalue weighted by Gasteiger charge is 2.10. The number of para-hydroxylation sites is 1. The Bertz CT molecular complexity index is 1140. The lowest BCUT2D eigenvalue weighted by Gasteiger charge is -2.03. The lowest BCUT2D eigenvalue weighted by Crippen LogP contribution is -2.11. The fraction of sp³-hybridized carbons (Fsp3) is 0.125. The maximum absolute atomic E-state index is 12.2. The Morgan fingerprint density at radius 2 is 2.04 bits per heavy atom. The van der Waals surface area contributed by atoms with Crippen molar-refractivity contribution in [3.05, 3.63) is 51.5 Å². The van der Waals surface area contributed by atoms with Gasteiger partial charge in [-0.05, 0) is 18.2 Å². The van der Waals surface area contributed by atoms with E-state index in [9.17, 15) is 4.79 Å². The number of benzene rings is 1. The van der Waals surface area contributed by atoms with Crippen LogP contribution in [-0.2, 0) is 5.75 Å². The van der Waals surface area contributed by atoms with Gasteiger partial charge in [-0.25, -0.2) is 9.97 Å². The molecule has 0 aliphatic carbocycles. The molecule has 3 heterocycles. The smallest absolute Gasteiger partial charge is 0.258 e. The second kappa shape index (κ2) is 6.38. The summed E-state index contributed by atoms with van der Waals surface area (Å²) in [5.41, 5.74) is 1.68. The number of thioether (sulfide) groups is 1. The topological polar surface area (TPSA) is 96.5 Å². The predicted molar refractivity (Wildman–Crippen MR) is 97.4 cm³/mol. The molecule has 0 radical (unpaired) electrons. The highest BCUT2D eigenvalue weighted by Crippen LogP contribution is 2.24. The fourth-order valence-electron chi connectivity index (χ4n) is 2.41. The molecule has 0 fully saturated rings. The Hall–Kier alpha value is -2.58. The van der Waals surface area contributed by atoms with Crippen LogP contribution in [0.2, 0.25) is 5.02 Å². The van der Waals surface area contributed by atoms with Gasteiger partial charge in [0.05, 0.1) is 34.3 Å². The van der Waals surface area contributed by atoms with Crippen LogP contribution in [0, 0.1) is 0 Å². The van der Waals surface area contributed by atoms with Crippen LogP contribution >= 0.6 is 23.4 Å². The van der Waals surface area contributed by atoms with Crippen LogP contribution in [0.3, 0.4) is 0 Å². The zero-order valence-electron chi connectivity index (χ0n) is 13.0. The molecule has 0 saturated heterocycles. The number of nitrogens with one attached hydrogen (secondary N) is 2. The normalized spacial score (nSPS) is 11.3. The van der Waals surface area contributed by atoms with Crippen LogP contribution in [0.4, 0.5) is 0 Å². The molecular weight excluding hydrogens is 362 g/mol. The summed E-state index contributed by atoms with van der Waals surface area (Å²) in [5.74, 6) is 1.47. The highest BCUT2D eigenvalue weighted by atomic mass is 35.5. The SMILES string of the molecule is COc1ccc2[nH]c(SCc3nc4c(Cl)cccc4c(=O)[nH]3)nc2n1. The van der Waals surface area contributed by atoms with Gasteiger partial charge in [0.15, 0.2) is 10.8 Å². The highest BCUT2D eigenvalue weighted by molar-refractivity contribution is 7.98. The number of imidazole rings is 1. The minimum atomic E-state index is -0.209. The Kier molecular flexibility index (Phi) is 4.06. The van der Waals surface area contributed by atoms with Crippen LogP contribution in [-0.4, -0.2) is 32.0 Å². The number of nitrogens with zero attached hydrogens (tertiary/aromatic N) is 3. The van der Waals surface area contributed by atoms with Crippen molar-refractivity contribution in [3.8, 4) is 5.88 Å². The van der Waals surface area contributed by atoms with E-state index in [1.807, 2.05) is 6.07 Å². The van der Waals surface area contributed by atoms with E-state index in [0.717, 1.165) is 5.52 Å². The van der Waals surface area contributed by atoms with Crippen LogP contribution < -0.4 is 10.3 Å². The fourth-order valence-corrected chi connectivity index (χ4v) is 3.37. The van der Waals surface area contributed by atoms with Crippen molar-refractivity contribution < 1.29 is 4.74 Å². The summed E-state index contributed by atoms with van der Waals surface area (Å²) in [6.07, 6.45) is 0. The molecule has 2 N–H and O–H groups in total. The summed E-state index contributed by atoms with van der Waals surface area (Å²) < 4.78 is 5.09. The second-order valence-electron chi connectivity index (χ2n) is 5.20. The standard InChI is InChI=1S/C16H12ClN5O2S/c1-24-12-6-5-10-14(21-12)22-16(18-10)25-7-11-19-13-8(15(23)20-11)3-2-4-9(13)17/h2-6H,7H2,1H3,(H,18,21,22)(H,19,20,23). The first-order valence-electron chi connectivity index (χ1n) is 7.35. The molecule has 0 bridgehead atoms. The summed E-state index contributed by atoms with van der Waals surface area (Å²) in [6.45, 7) is 0. The molecule has 9 heteroatoms. The van der Waals surface area contributed by atoms with Crippen molar-refractivity contribution in [1.29, 1.82) is 0 Å². The molecule has 1 aromatic carbocycles. The van der Waals surface area contributed by atoms with Crippen LogP contribution in [0.25, 0.3) is 22.1 Å². The van der Waals surface area contributed by atoms with Gasteiger partial charge in [-0.2, -0.15) is 4.98 Å². The molecule has 0 aliphatic heterocycles. The Balaban J connectivity index is 1.62. The third-order valence-corrected chi connectivity index (χ3v) is 4.78. The van der Waals surface area contributed by atoms with Crippen LogP contribution in [0.5, 0.6) is 5.88 Å². The van der Waals surface area contributed by atoms with Crippen molar-refractivity contribution in [2.75, 3.05) is 7.11 Å². The van der Waals surface area contributed by atoms with E-state index in [4.69, 9.17) is 16.3 Å². The molecule has 25 heavy (non-hydrogen) atoms. The number of hydrogen-bond donors (Lipinski definition) is 2. The van der Waals surface area contributed by atoms with Gasteiger partial charge in [0.2, 0.25) is 5.88 Å². The van der Waals surface area contributed by atoms with Crippen molar-refractivity contribution in [2.45, 2.75) is 10.9 Å². The van der Waals surface area contributed by atoms with Gasteiger partial charge in [-0.15, -0.1) is 0 Å². The maximum atomic E-state index is 12.2. The Morgan fingerprint density at radius 1 is 1.16 bits per heavy atom. The summed E-state index contributed by atoms with van der Waals surface area (Å²) >= 11 is 7.55. The number of ether oxygens (including phenoxy) is 1. The third-order valence-electron chi connectivity index (χ3n) is 3.59. The molecule has 0 amide bonds. The number of aromatic amines is 2. The van der Waals surface area contributed by atoms with Gasteiger partial charge in [-0.3, -0.25) is 4.79 Å². The number of methoxy groups -OCH3 is 1. The lowest BCUT2D eigenvalue weighted by atomic mass is 10.2. The molecule has 7 nitrogen and oxygen atoms in total. The molecule has 0 unspecified atom stereocenters. The van der Waals surface area contributed by atoms with Gasteiger partial charge in [0, 0.05) is 6.07 Å². The van der Waals surface area contributed by atoms with E-state index in [1.54, 1.807) is 31.4 Å². The number of halogens is 1. The maximum Gasteiger partial charge on any atom is 0.258 e. The summed E-state index contributed by atoms with van der Waals surface area (Å²) in [6, 6.07) is 8.76. The van der Waals surface area contributed by atoms with Crippen molar-refractivity contribution in [3.63, 3.8) is 0 Å². The molecule has 4 rings (SSSR count). The minimum Gasteiger partial charge on any atom is -0.481 e. The quantitative estimate of drug-likeness (QED) is 0.533. The molecule has 0 atom stereocenters. The van der Waals surface area contributed by atoms with Gasteiger partial charge >= 0.3 is 0 Å². The Labute approximate surface area is 150 Å². The number of rotatable bonds is 4. The van der Waals surface area contributed by atoms with Crippen molar-refractivity contribution in [1.82, 2.24) is 24.9 Å². The average molecular weight is 374 g/mol. The Morgan fingerprint density at radius 3 is 2.88 bits per heavy atom. The van der Waals surface area contributed by atoms with E-state index >= 15 is 0 Å². The van der Waals surface area contributed by atoms with E-state index in [-0.39, 0.29) is 5.56 Å². The van der Waals surface area contributed by atoms with E-state index in [0.29, 0.717) is 44.2 Å². The monoisotopic (exact) mass is 373 g/mol. The average Bonchev–Trinajstić information content (AvgIpc) is 3.03. The van der Waals surface area contributed by atoms with Crippen LogP contribution in [0.15, 0.2) is 40.3 Å². The van der Waals surface area contributed by atoms with Crippen LogP contribution in [0.1, 0.15) is 5.82 Å². The number of pyridine rings is 1. The van der Waals surface area contributed by atoms with Gasteiger partial charge in [0.25, 0.3) is 5.56 Å². The zero-order chi connectivity index (χ0) is 17.4. The van der Waals surface area contributed by atoms with Crippen molar-refractivity contribution in [2.24, 2.45) is 0 Å². The van der Waals surface area contributed by atoms with E-state index < -0.39 is 0 Å².